The van der Waals surface area contributed by atoms with Crippen LogP contribution in [0.3, 0.4) is 0 Å². The molecule has 1 heterocycles. The predicted octanol–water partition coefficient (Wildman–Crippen LogP) is 1.87. The Bertz CT molecular complexity index is 679. The van der Waals surface area contributed by atoms with Gasteiger partial charge in [0.2, 0.25) is 15.9 Å². The summed E-state index contributed by atoms with van der Waals surface area (Å²) in [6.07, 6.45) is 2.75. The van der Waals surface area contributed by atoms with E-state index in [9.17, 15) is 13.2 Å². The van der Waals surface area contributed by atoms with Crippen LogP contribution in [0.4, 0.5) is 0 Å². The Balaban J connectivity index is 1.89. The summed E-state index contributed by atoms with van der Waals surface area (Å²) in [4.78, 5) is 14.4. The van der Waals surface area contributed by atoms with Crippen LogP contribution >= 0.6 is 11.6 Å². The van der Waals surface area contributed by atoms with E-state index in [1.54, 1.807) is 0 Å². The molecule has 1 atom stereocenters. The zero-order valence-electron chi connectivity index (χ0n) is 14.7. The molecule has 1 aromatic rings. The van der Waals surface area contributed by atoms with Gasteiger partial charge in [0.05, 0.1) is 18.8 Å². The number of benzene rings is 1. The lowest BCUT2D eigenvalue weighted by molar-refractivity contribution is -0.123. The van der Waals surface area contributed by atoms with Gasteiger partial charge in [0.1, 0.15) is 0 Å². The average molecular weight is 388 g/mol. The topological polar surface area (TPSA) is 69.7 Å². The lowest BCUT2D eigenvalue weighted by Gasteiger charge is -2.23. The first-order chi connectivity index (χ1) is 11.8. The van der Waals surface area contributed by atoms with Crippen molar-refractivity contribution in [3.63, 3.8) is 0 Å². The van der Waals surface area contributed by atoms with Crippen LogP contribution in [0.2, 0.25) is 5.02 Å². The van der Waals surface area contributed by atoms with Crippen molar-refractivity contribution in [2.75, 3.05) is 39.0 Å². The van der Waals surface area contributed by atoms with Gasteiger partial charge in [-0.25, -0.2) is 12.7 Å². The highest BCUT2D eigenvalue weighted by Crippen LogP contribution is 2.19. The molecule has 25 heavy (non-hydrogen) atoms. The molecule has 6 nitrogen and oxygen atoms in total. The molecule has 0 aliphatic carbocycles. The second-order valence-corrected chi connectivity index (χ2v) is 8.79. The fraction of sp³-hybridized carbons (Fsp3) is 0.588. The van der Waals surface area contributed by atoms with Gasteiger partial charge in [-0.2, -0.15) is 0 Å². The molecule has 1 aliphatic heterocycles. The highest BCUT2D eigenvalue weighted by molar-refractivity contribution is 7.88. The maximum Gasteiger partial charge on any atom is 0.234 e. The number of hydrogen-bond donors (Lipinski definition) is 1. The highest BCUT2D eigenvalue weighted by atomic mass is 35.5. The summed E-state index contributed by atoms with van der Waals surface area (Å²) < 4.78 is 24.8. The normalized spacial score (nSPS) is 18.5. The summed E-state index contributed by atoms with van der Waals surface area (Å²) in [5.41, 5.74) is 1.03. The SMILES string of the molecule is CC[C@@H](NC(=O)CN1CCCN(S(C)(=O)=O)CC1)c1ccc(Cl)cc1. The van der Waals surface area contributed by atoms with Gasteiger partial charge in [0.15, 0.2) is 0 Å². The molecular weight excluding hydrogens is 362 g/mol. The fourth-order valence-corrected chi connectivity index (χ4v) is 4.00. The molecule has 1 aromatic carbocycles. The number of rotatable bonds is 6. The third-order valence-corrected chi connectivity index (χ3v) is 5.95. The van der Waals surface area contributed by atoms with Crippen LogP contribution in [0.25, 0.3) is 0 Å². The number of carbonyl (C=O) groups excluding carboxylic acids is 1. The van der Waals surface area contributed by atoms with Crippen molar-refractivity contribution < 1.29 is 13.2 Å². The number of sulfonamides is 1. The molecule has 1 saturated heterocycles. The Kier molecular flexibility index (Phi) is 7.25. The van der Waals surface area contributed by atoms with Crippen molar-refractivity contribution in [1.29, 1.82) is 0 Å². The number of carbonyl (C=O) groups is 1. The lowest BCUT2D eigenvalue weighted by Crippen LogP contribution is -2.41. The van der Waals surface area contributed by atoms with Crippen LogP contribution < -0.4 is 5.32 Å². The number of nitrogens with zero attached hydrogens (tertiary/aromatic N) is 2. The highest BCUT2D eigenvalue weighted by Gasteiger charge is 2.23. The smallest absolute Gasteiger partial charge is 0.234 e. The van der Waals surface area contributed by atoms with Crippen molar-refractivity contribution in [2.45, 2.75) is 25.8 Å². The number of halogens is 1. The molecule has 0 unspecified atom stereocenters. The first-order valence-corrected chi connectivity index (χ1v) is 10.7. The predicted molar refractivity (Wildman–Crippen MR) is 100 cm³/mol. The van der Waals surface area contributed by atoms with E-state index in [4.69, 9.17) is 11.6 Å². The maximum atomic E-state index is 12.4. The van der Waals surface area contributed by atoms with Crippen molar-refractivity contribution in [3.8, 4) is 0 Å². The molecular formula is C17H26ClN3O3S. The van der Waals surface area contributed by atoms with Crippen molar-refractivity contribution in [3.05, 3.63) is 34.9 Å². The second-order valence-electron chi connectivity index (χ2n) is 6.37. The van der Waals surface area contributed by atoms with Gasteiger partial charge in [-0.1, -0.05) is 30.7 Å². The van der Waals surface area contributed by atoms with Crippen LogP contribution in [0.5, 0.6) is 0 Å². The molecule has 2 rings (SSSR count). The van der Waals surface area contributed by atoms with Gasteiger partial charge in [0, 0.05) is 24.7 Å². The third-order valence-electron chi connectivity index (χ3n) is 4.40. The lowest BCUT2D eigenvalue weighted by atomic mass is 10.0. The monoisotopic (exact) mass is 387 g/mol. The molecule has 0 radical (unpaired) electrons. The molecule has 1 N–H and O–H groups in total. The van der Waals surface area contributed by atoms with E-state index in [2.05, 4.69) is 5.32 Å². The van der Waals surface area contributed by atoms with Crippen LogP contribution in [0.15, 0.2) is 24.3 Å². The van der Waals surface area contributed by atoms with Crippen LogP contribution in [-0.4, -0.2) is 62.5 Å². The minimum Gasteiger partial charge on any atom is -0.348 e. The Labute approximate surface area is 155 Å². The molecule has 0 aromatic heterocycles. The number of nitrogens with one attached hydrogen (secondary N) is 1. The molecule has 0 saturated carbocycles. The van der Waals surface area contributed by atoms with Crippen LogP contribution in [0, 0.1) is 0 Å². The molecule has 140 valence electrons. The van der Waals surface area contributed by atoms with Gasteiger partial charge >= 0.3 is 0 Å². The van der Waals surface area contributed by atoms with E-state index in [-0.39, 0.29) is 18.5 Å². The summed E-state index contributed by atoms with van der Waals surface area (Å²) >= 11 is 5.91. The Morgan fingerprint density at radius 1 is 1.20 bits per heavy atom. The number of hydrogen-bond acceptors (Lipinski definition) is 4. The van der Waals surface area contributed by atoms with E-state index >= 15 is 0 Å². The van der Waals surface area contributed by atoms with E-state index < -0.39 is 10.0 Å². The van der Waals surface area contributed by atoms with Crippen LogP contribution in [0.1, 0.15) is 31.4 Å². The Morgan fingerprint density at radius 3 is 2.48 bits per heavy atom. The molecule has 8 heteroatoms. The average Bonchev–Trinajstić information content (AvgIpc) is 2.79. The summed E-state index contributed by atoms with van der Waals surface area (Å²) in [6, 6.07) is 7.43. The van der Waals surface area contributed by atoms with E-state index in [1.807, 2.05) is 36.1 Å². The first-order valence-electron chi connectivity index (χ1n) is 8.52. The molecule has 1 aliphatic rings. The van der Waals surface area contributed by atoms with Crippen molar-refractivity contribution >= 4 is 27.5 Å². The third kappa shape index (κ3) is 6.26. The number of amides is 1. The largest absolute Gasteiger partial charge is 0.348 e. The van der Waals surface area contributed by atoms with Crippen LogP contribution in [-0.2, 0) is 14.8 Å². The van der Waals surface area contributed by atoms with Gasteiger partial charge in [0.25, 0.3) is 0 Å². The van der Waals surface area contributed by atoms with Gasteiger partial charge in [-0.3, -0.25) is 9.69 Å². The Morgan fingerprint density at radius 2 is 1.88 bits per heavy atom. The fourth-order valence-electron chi connectivity index (χ4n) is 3.00. The minimum absolute atomic E-state index is 0.0467. The summed E-state index contributed by atoms with van der Waals surface area (Å²) in [7, 11) is -3.17. The van der Waals surface area contributed by atoms with Gasteiger partial charge in [-0.15, -0.1) is 0 Å². The molecule has 1 fully saturated rings. The summed E-state index contributed by atoms with van der Waals surface area (Å²) in [5.74, 6) is -0.0467. The first kappa shape index (κ1) is 20.2. The van der Waals surface area contributed by atoms with E-state index in [1.165, 1.54) is 10.6 Å². The van der Waals surface area contributed by atoms with Crippen molar-refractivity contribution in [2.24, 2.45) is 0 Å². The Hall–Kier alpha value is -1.15. The summed E-state index contributed by atoms with van der Waals surface area (Å²) in [5, 5.41) is 3.73. The van der Waals surface area contributed by atoms with E-state index in [0.717, 1.165) is 24.9 Å². The zero-order valence-corrected chi connectivity index (χ0v) is 16.3. The summed E-state index contributed by atoms with van der Waals surface area (Å²) in [6.45, 7) is 4.53. The van der Waals surface area contributed by atoms with E-state index in [0.29, 0.717) is 24.7 Å². The maximum absolute atomic E-state index is 12.4. The molecule has 0 bridgehead atoms. The van der Waals surface area contributed by atoms with Gasteiger partial charge < -0.3 is 5.32 Å². The second kappa shape index (κ2) is 8.98. The van der Waals surface area contributed by atoms with Gasteiger partial charge in [-0.05, 0) is 37.1 Å². The van der Waals surface area contributed by atoms with Crippen molar-refractivity contribution in [1.82, 2.24) is 14.5 Å². The quantitative estimate of drug-likeness (QED) is 0.809. The minimum atomic E-state index is -3.17. The molecule has 1 amide bonds. The zero-order chi connectivity index (χ0) is 18.4. The molecule has 0 spiro atoms. The standard InChI is InChI=1S/C17H26ClN3O3S/c1-3-16(14-5-7-15(18)8-6-14)19-17(22)13-20-9-4-10-21(12-11-20)25(2,23)24/h5-8,16H,3-4,9-13H2,1-2H3,(H,19,22)/t16-/m1/s1.